The normalized spacial score (nSPS) is 11.5. The van der Waals surface area contributed by atoms with Gasteiger partial charge in [-0.1, -0.05) is 48.5 Å². The number of amides is 1. The fourth-order valence-corrected chi connectivity index (χ4v) is 3.24. The van der Waals surface area contributed by atoms with Crippen molar-refractivity contribution in [3.05, 3.63) is 94.5 Å². The van der Waals surface area contributed by atoms with Crippen LogP contribution in [0, 0.1) is 10.1 Å². The monoisotopic (exact) mass is 405 g/mol. The number of benzene rings is 3. The van der Waals surface area contributed by atoms with E-state index >= 15 is 0 Å². The van der Waals surface area contributed by atoms with Crippen LogP contribution in [-0.2, 0) is 11.3 Å². The number of aromatic hydroxyl groups is 1. The molecule has 154 valence electrons. The minimum Gasteiger partial charge on any atom is -0.502 e. The number of nitrogens with zero attached hydrogens (tertiary/aromatic N) is 2. The van der Waals surface area contributed by atoms with Crippen molar-refractivity contribution in [2.45, 2.75) is 25.9 Å². The molecule has 0 radical (unpaired) electrons. The second-order valence-corrected chi connectivity index (χ2v) is 7.01. The number of carbonyl (C=O) groups is 1. The minimum absolute atomic E-state index is 0.141. The first-order valence-electron chi connectivity index (χ1n) is 9.57. The van der Waals surface area contributed by atoms with Gasteiger partial charge in [-0.15, -0.1) is 0 Å². The van der Waals surface area contributed by atoms with Gasteiger partial charge in [-0.05, 0) is 30.7 Å². The molecule has 2 N–H and O–H groups in total. The van der Waals surface area contributed by atoms with Crippen molar-refractivity contribution in [1.29, 1.82) is 0 Å². The Kier molecular flexibility index (Phi) is 6.64. The molecule has 0 aromatic heterocycles. The van der Waals surface area contributed by atoms with Gasteiger partial charge in [0.1, 0.15) is 0 Å². The lowest BCUT2D eigenvalue weighted by molar-refractivity contribution is -0.385. The Hall–Kier alpha value is -3.87. The summed E-state index contributed by atoms with van der Waals surface area (Å²) < 4.78 is 0. The van der Waals surface area contributed by atoms with E-state index in [2.05, 4.69) is 5.32 Å². The molecular weight excluding hydrogens is 382 g/mol. The van der Waals surface area contributed by atoms with Crippen molar-refractivity contribution >= 4 is 23.0 Å². The number of nitro benzene ring substituents is 1. The summed E-state index contributed by atoms with van der Waals surface area (Å²) in [5.74, 6) is -0.547. The van der Waals surface area contributed by atoms with Gasteiger partial charge in [-0.25, -0.2) is 0 Å². The number of rotatable bonds is 8. The molecule has 0 spiro atoms. The number of para-hydroxylation sites is 1. The summed E-state index contributed by atoms with van der Waals surface area (Å²) in [6.45, 7) is 2.39. The molecule has 7 nitrogen and oxygen atoms in total. The summed E-state index contributed by atoms with van der Waals surface area (Å²) in [7, 11) is 0. The summed E-state index contributed by atoms with van der Waals surface area (Å²) in [4.78, 5) is 24.9. The van der Waals surface area contributed by atoms with E-state index in [1.54, 1.807) is 6.07 Å². The highest BCUT2D eigenvalue weighted by atomic mass is 16.6. The van der Waals surface area contributed by atoms with Crippen LogP contribution in [0.15, 0.2) is 78.9 Å². The van der Waals surface area contributed by atoms with Crippen molar-refractivity contribution in [2.75, 3.05) is 10.2 Å². The van der Waals surface area contributed by atoms with Crippen LogP contribution in [0.5, 0.6) is 5.75 Å². The lowest BCUT2D eigenvalue weighted by Gasteiger charge is -2.31. The van der Waals surface area contributed by atoms with Crippen molar-refractivity contribution in [3.8, 4) is 5.75 Å². The van der Waals surface area contributed by atoms with E-state index in [9.17, 15) is 20.0 Å². The SMILES string of the molecule is CC(CC(=O)Nc1ccccc1)N(Cc1ccccc1)c1ccc([N+](=O)[O-])c(O)c1. The van der Waals surface area contributed by atoms with Gasteiger partial charge >= 0.3 is 5.69 Å². The molecule has 0 aliphatic heterocycles. The summed E-state index contributed by atoms with van der Waals surface area (Å²) in [5, 5.41) is 24.0. The first kappa shape index (κ1) is 20.9. The molecular formula is C23H23N3O4. The van der Waals surface area contributed by atoms with Crippen LogP contribution in [0.2, 0.25) is 0 Å². The maximum atomic E-state index is 12.5. The van der Waals surface area contributed by atoms with Crippen LogP contribution in [0.3, 0.4) is 0 Å². The highest BCUT2D eigenvalue weighted by Gasteiger charge is 2.21. The minimum atomic E-state index is -0.628. The third kappa shape index (κ3) is 5.35. The van der Waals surface area contributed by atoms with Crippen LogP contribution in [0.4, 0.5) is 17.1 Å². The summed E-state index contributed by atoms with van der Waals surface area (Å²) >= 11 is 0. The van der Waals surface area contributed by atoms with Gasteiger partial charge in [0.05, 0.1) is 4.92 Å². The largest absolute Gasteiger partial charge is 0.502 e. The maximum absolute atomic E-state index is 12.5. The summed E-state index contributed by atoms with van der Waals surface area (Å²) in [5.41, 5.74) is 1.98. The van der Waals surface area contributed by atoms with E-state index in [1.807, 2.05) is 72.5 Å². The van der Waals surface area contributed by atoms with E-state index in [1.165, 1.54) is 12.1 Å². The van der Waals surface area contributed by atoms with Crippen LogP contribution in [-0.4, -0.2) is 22.0 Å². The molecule has 0 aliphatic rings. The zero-order chi connectivity index (χ0) is 21.5. The van der Waals surface area contributed by atoms with Gasteiger partial charge in [0.25, 0.3) is 0 Å². The second-order valence-electron chi connectivity index (χ2n) is 7.01. The predicted molar refractivity (Wildman–Crippen MR) is 117 cm³/mol. The number of phenolic OH excluding ortho intramolecular Hbond substituents is 1. The topological polar surface area (TPSA) is 95.7 Å². The first-order valence-corrected chi connectivity index (χ1v) is 9.57. The van der Waals surface area contributed by atoms with Crippen molar-refractivity contribution < 1.29 is 14.8 Å². The zero-order valence-corrected chi connectivity index (χ0v) is 16.6. The number of nitro groups is 1. The highest BCUT2D eigenvalue weighted by molar-refractivity contribution is 5.91. The standard InChI is InChI=1S/C23H23N3O4/c1-17(14-23(28)24-19-10-6-3-7-11-19)25(16-18-8-4-2-5-9-18)20-12-13-21(26(29)30)22(27)15-20/h2-13,15,17,27H,14,16H2,1H3,(H,24,28). The third-order valence-corrected chi connectivity index (χ3v) is 4.75. The Morgan fingerprint density at radius 2 is 1.70 bits per heavy atom. The van der Waals surface area contributed by atoms with Gasteiger partial charge in [-0.2, -0.15) is 0 Å². The number of carbonyl (C=O) groups excluding carboxylic acids is 1. The number of hydrogen-bond donors (Lipinski definition) is 2. The van der Waals surface area contributed by atoms with Gasteiger partial charge < -0.3 is 15.3 Å². The first-order chi connectivity index (χ1) is 14.4. The quantitative estimate of drug-likeness (QED) is 0.417. The van der Waals surface area contributed by atoms with Gasteiger partial charge in [0, 0.05) is 42.5 Å². The molecule has 0 fully saturated rings. The summed E-state index contributed by atoms with van der Waals surface area (Å²) in [6, 6.07) is 22.9. The molecule has 3 aromatic rings. The lowest BCUT2D eigenvalue weighted by atomic mass is 10.1. The van der Waals surface area contributed by atoms with Crippen LogP contribution >= 0.6 is 0 Å². The predicted octanol–water partition coefficient (Wildman–Crippen LogP) is 4.72. The average molecular weight is 405 g/mol. The third-order valence-electron chi connectivity index (χ3n) is 4.75. The lowest BCUT2D eigenvalue weighted by Crippen LogP contribution is -2.35. The Morgan fingerprint density at radius 3 is 2.30 bits per heavy atom. The van der Waals surface area contributed by atoms with Gasteiger partial charge in [0.2, 0.25) is 5.91 Å². The van der Waals surface area contributed by atoms with E-state index in [-0.39, 0.29) is 24.1 Å². The Balaban J connectivity index is 1.82. The molecule has 0 saturated carbocycles. The van der Waals surface area contributed by atoms with Crippen molar-refractivity contribution in [3.63, 3.8) is 0 Å². The Labute approximate surface area is 174 Å². The Bertz CT molecular complexity index is 1010. The molecule has 3 rings (SSSR count). The van der Waals surface area contributed by atoms with Gasteiger partial charge in [0.15, 0.2) is 5.75 Å². The molecule has 3 aromatic carbocycles. The molecule has 1 amide bonds. The molecule has 0 aliphatic carbocycles. The number of hydrogen-bond acceptors (Lipinski definition) is 5. The number of phenols is 1. The zero-order valence-electron chi connectivity index (χ0n) is 16.6. The van der Waals surface area contributed by atoms with E-state index < -0.39 is 10.7 Å². The molecule has 7 heteroatoms. The van der Waals surface area contributed by atoms with Crippen LogP contribution in [0.1, 0.15) is 18.9 Å². The molecule has 30 heavy (non-hydrogen) atoms. The number of anilines is 2. The number of nitrogens with one attached hydrogen (secondary N) is 1. The molecule has 1 unspecified atom stereocenters. The van der Waals surface area contributed by atoms with Gasteiger partial charge in [-0.3, -0.25) is 14.9 Å². The second kappa shape index (κ2) is 9.56. The van der Waals surface area contributed by atoms with Crippen molar-refractivity contribution in [2.24, 2.45) is 0 Å². The molecule has 0 bridgehead atoms. The highest BCUT2D eigenvalue weighted by Crippen LogP contribution is 2.32. The smallest absolute Gasteiger partial charge is 0.310 e. The average Bonchev–Trinajstić information content (AvgIpc) is 2.73. The fourth-order valence-electron chi connectivity index (χ4n) is 3.24. The van der Waals surface area contributed by atoms with Crippen molar-refractivity contribution in [1.82, 2.24) is 0 Å². The van der Waals surface area contributed by atoms with Crippen LogP contribution < -0.4 is 10.2 Å². The summed E-state index contributed by atoms with van der Waals surface area (Å²) in [6.07, 6.45) is 0.208. The maximum Gasteiger partial charge on any atom is 0.310 e. The van der Waals surface area contributed by atoms with Crippen LogP contribution in [0.25, 0.3) is 0 Å². The molecule has 0 heterocycles. The molecule has 0 saturated heterocycles. The molecule has 1 atom stereocenters. The van der Waals surface area contributed by atoms with E-state index in [0.717, 1.165) is 11.3 Å². The van der Waals surface area contributed by atoms with E-state index in [0.29, 0.717) is 12.2 Å². The fraction of sp³-hybridized carbons (Fsp3) is 0.174. The van der Waals surface area contributed by atoms with E-state index in [4.69, 9.17) is 0 Å². The Morgan fingerprint density at radius 1 is 1.07 bits per heavy atom.